The summed E-state index contributed by atoms with van der Waals surface area (Å²) >= 11 is 0. The summed E-state index contributed by atoms with van der Waals surface area (Å²) in [5.41, 5.74) is 1.58. The monoisotopic (exact) mass is 291 g/mol. The van der Waals surface area contributed by atoms with Gasteiger partial charge in [-0.15, -0.1) is 0 Å². The van der Waals surface area contributed by atoms with E-state index in [2.05, 4.69) is 0 Å². The Hall–Kier alpha value is -2.81. The Morgan fingerprint density at radius 2 is 1.55 bits per heavy atom. The number of fused-ring (bicyclic) bond motifs is 1. The van der Waals surface area contributed by atoms with Crippen LogP contribution < -0.4 is 9.64 Å². The zero-order chi connectivity index (χ0) is 15.5. The summed E-state index contributed by atoms with van der Waals surface area (Å²) in [6.45, 7) is 0. The minimum Gasteiger partial charge on any atom is -0.423 e. The third-order valence-electron chi connectivity index (χ3n) is 3.55. The van der Waals surface area contributed by atoms with Crippen molar-refractivity contribution in [3.8, 4) is 5.75 Å². The van der Waals surface area contributed by atoms with E-state index in [0.717, 1.165) is 16.5 Å². The number of carbonyl (C=O) groups excluding carboxylic acids is 1. The molecule has 0 saturated heterocycles. The number of rotatable bonds is 3. The smallest absolute Gasteiger partial charge is 0.343 e. The molecule has 0 bridgehead atoms. The SMILES string of the molecule is CN(C)c1ccc(C(=O)Oc2ccc3ccccc3c2)cc1. The highest BCUT2D eigenvalue weighted by Crippen LogP contribution is 2.22. The fourth-order valence-corrected chi connectivity index (χ4v) is 2.29. The highest BCUT2D eigenvalue weighted by molar-refractivity contribution is 5.92. The molecule has 0 amide bonds. The van der Waals surface area contributed by atoms with E-state index in [1.54, 1.807) is 12.1 Å². The van der Waals surface area contributed by atoms with E-state index in [-0.39, 0.29) is 5.97 Å². The van der Waals surface area contributed by atoms with Crippen LogP contribution in [0.15, 0.2) is 66.7 Å². The normalized spacial score (nSPS) is 10.5. The van der Waals surface area contributed by atoms with Crippen LogP contribution in [0.1, 0.15) is 10.4 Å². The number of benzene rings is 3. The molecule has 0 aliphatic carbocycles. The molecular formula is C19H17NO2. The first kappa shape index (κ1) is 14.1. The van der Waals surface area contributed by atoms with Gasteiger partial charge in [-0.2, -0.15) is 0 Å². The van der Waals surface area contributed by atoms with Crippen molar-refractivity contribution in [2.45, 2.75) is 0 Å². The molecule has 0 N–H and O–H groups in total. The van der Waals surface area contributed by atoms with Crippen LogP contribution in [0.4, 0.5) is 5.69 Å². The van der Waals surface area contributed by atoms with Crippen LogP contribution in [0.2, 0.25) is 0 Å². The average Bonchev–Trinajstić information content (AvgIpc) is 2.55. The number of nitrogens with zero attached hydrogens (tertiary/aromatic N) is 1. The fraction of sp³-hybridized carbons (Fsp3) is 0.105. The molecule has 22 heavy (non-hydrogen) atoms. The minimum atomic E-state index is -0.347. The van der Waals surface area contributed by atoms with Gasteiger partial charge < -0.3 is 9.64 Å². The molecule has 0 saturated carbocycles. The second-order valence-corrected chi connectivity index (χ2v) is 5.34. The number of anilines is 1. The zero-order valence-electron chi connectivity index (χ0n) is 12.6. The predicted molar refractivity (Wildman–Crippen MR) is 89.7 cm³/mol. The lowest BCUT2D eigenvalue weighted by atomic mass is 10.1. The van der Waals surface area contributed by atoms with E-state index in [1.807, 2.05) is 73.6 Å². The maximum absolute atomic E-state index is 12.2. The van der Waals surface area contributed by atoms with Gasteiger partial charge >= 0.3 is 5.97 Å². The highest BCUT2D eigenvalue weighted by atomic mass is 16.5. The topological polar surface area (TPSA) is 29.5 Å². The molecule has 110 valence electrons. The summed E-state index contributed by atoms with van der Waals surface area (Å²) in [7, 11) is 3.92. The third-order valence-corrected chi connectivity index (χ3v) is 3.55. The van der Waals surface area contributed by atoms with Crippen LogP contribution >= 0.6 is 0 Å². The zero-order valence-corrected chi connectivity index (χ0v) is 12.6. The molecule has 0 atom stereocenters. The van der Waals surface area contributed by atoms with Gasteiger partial charge in [0, 0.05) is 19.8 Å². The molecule has 0 heterocycles. The van der Waals surface area contributed by atoms with Crippen molar-refractivity contribution >= 4 is 22.4 Å². The first-order chi connectivity index (χ1) is 10.6. The van der Waals surface area contributed by atoms with Crippen molar-refractivity contribution in [1.29, 1.82) is 0 Å². The maximum Gasteiger partial charge on any atom is 0.343 e. The first-order valence-corrected chi connectivity index (χ1v) is 7.12. The lowest BCUT2D eigenvalue weighted by Gasteiger charge is -2.12. The Balaban J connectivity index is 1.80. The fourth-order valence-electron chi connectivity index (χ4n) is 2.29. The van der Waals surface area contributed by atoms with Crippen molar-refractivity contribution in [2.75, 3.05) is 19.0 Å². The highest BCUT2D eigenvalue weighted by Gasteiger charge is 2.09. The molecule has 0 unspecified atom stereocenters. The van der Waals surface area contributed by atoms with Crippen LogP contribution in [0.3, 0.4) is 0 Å². The Kier molecular flexibility index (Phi) is 3.79. The maximum atomic E-state index is 12.2. The van der Waals surface area contributed by atoms with Gasteiger partial charge in [0.05, 0.1) is 5.56 Å². The summed E-state index contributed by atoms with van der Waals surface area (Å²) in [4.78, 5) is 14.2. The molecule has 0 fully saturated rings. The van der Waals surface area contributed by atoms with Crippen molar-refractivity contribution in [3.05, 3.63) is 72.3 Å². The minimum absolute atomic E-state index is 0.347. The van der Waals surface area contributed by atoms with Crippen LogP contribution in [0.5, 0.6) is 5.75 Å². The molecule has 0 aliphatic rings. The molecule has 0 aliphatic heterocycles. The third kappa shape index (κ3) is 2.93. The van der Waals surface area contributed by atoms with Gasteiger partial charge in [-0.3, -0.25) is 0 Å². The van der Waals surface area contributed by atoms with Gasteiger partial charge in [0.1, 0.15) is 5.75 Å². The molecule has 0 aromatic heterocycles. The van der Waals surface area contributed by atoms with Crippen LogP contribution in [0, 0.1) is 0 Å². The number of hydrogen-bond acceptors (Lipinski definition) is 3. The van der Waals surface area contributed by atoms with Gasteiger partial charge in [0.15, 0.2) is 0 Å². The molecule has 3 aromatic carbocycles. The molecule has 3 nitrogen and oxygen atoms in total. The van der Waals surface area contributed by atoms with Gasteiger partial charge in [-0.25, -0.2) is 4.79 Å². The number of ether oxygens (including phenoxy) is 1. The van der Waals surface area contributed by atoms with Gasteiger partial charge in [0.2, 0.25) is 0 Å². The summed E-state index contributed by atoms with van der Waals surface area (Å²) in [5, 5.41) is 2.17. The standard InChI is InChI=1S/C19H17NO2/c1-20(2)17-10-7-15(8-11-17)19(21)22-18-12-9-14-5-3-4-6-16(14)13-18/h3-13H,1-2H3. The van der Waals surface area contributed by atoms with Crippen molar-refractivity contribution in [3.63, 3.8) is 0 Å². The summed E-state index contributed by atoms with van der Waals surface area (Å²) in [5.74, 6) is 0.209. The average molecular weight is 291 g/mol. The largest absolute Gasteiger partial charge is 0.423 e. The van der Waals surface area contributed by atoms with E-state index >= 15 is 0 Å². The summed E-state index contributed by atoms with van der Waals surface area (Å²) in [6.07, 6.45) is 0. The number of esters is 1. The molecule has 3 heteroatoms. The summed E-state index contributed by atoms with van der Waals surface area (Å²) in [6, 6.07) is 21.0. The Bertz CT molecular complexity index is 807. The van der Waals surface area contributed by atoms with E-state index in [0.29, 0.717) is 11.3 Å². The molecule has 0 radical (unpaired) electrons. The second kappa shape index (κ2) is 5.90. The van der Waals surface area contributed by atoms with E-state index in [1.165, 1.54) is 0 Å². The Morgan fingerprint density at radius 1 is 0.864 bits per heavy atom. The summed E-state index contributed by atoms with van der Waals surface area (Å²) < 4.78 is 5.46. The number of hydrogen-bond donors (Lipinski definition) is 0. The lowest BCUT2D eigenvalue weighted by molar-refractivity contribution is 0.0735. The first-order valence-electron chi connectivity index (χ1n) is 7.12. The van der Waals surface area contributed by atoms with Crippen molar-refractivity contribution in [2.24, 2.45) is 0 Å². The van der Waals surface area contributed by atoms with Gasteiger partial charge in [0.25, 0.3) is 0 Å². The Morgan fingerprint density at radius 3 is 2.23 bits per heavy atom. The van der Waals surface area contributed by atoms with Crippen LogP contribution in [0.25, 0.3) is 10.8 Å². The van der Waals surface area contributed by atoms with Crippen molar-refractivity contribution < 1.29 is 9.53 Å². The predicted octanol–water partition coefficient (Wildman–Crippen LogP) is 4.13. The van der Waals surface area contributed by atoms with Gasteiger partial charge in [-0.05, 0) is 47.2 Å². The van der Waals surface area contributed by atoms with E-state index < -0.39 is 0 Å². The quantitative estimate of drug-likeness (QED) is 0.537. The van der Waals surface area contributed by atoms with Crippen LogP contribution in [-0.4, -0.2) is 20.1 Å². The molecule has 3 rings (SSSR count). The molecule has 3 aromatic rings. The van der Waals surface area contributed by atoms with E-state index in [4.69, 9.17) is 4.74 Å². The molecule has 0 spiro atoms. The lowest BCUT2D eigenvalue weighted by Crippen LogP contribution is -2.11. The van der Waals surface area contributed by atoms with Crippen LogP contribution in [-0.2, 0) is 0 Å². The number of carbonyl (C=O) groups is 1. The van der Waals surface area contributed by atoms with Crippen molar-refractivity contribution in [1.82, 2.24) is 0 Å². The van der Waals surface area contributed by atoms with E-state index in [9.17, 15) is 4.79 Å². The second-order valence-electron chi connectivity index (χ2n) is 5.34. The van der Waals surface area contributed by atoms with Gasteiger partial charge in [-0.1, -0.05) is 30.3 Å². The molecular weight excluding hydrogens is 274 g/mol. The Labute approximate surface area is 129 Å².